The first kappa shape index (κ1) is 11.1. The lowest BCUT2D eigenvalue weighted by molar-refractivity contribution is 0.344. The Morgan fingerprint density at radius 2 is 2.41 bits per heavy atom. The zero-order valence-corrected chi connectivity index (χ0v) is 10.5. The number of nitrogens with one attached hydrogen (secondary N) is 1. The summed E-state index contributed by atoms with van der Waals surface area (Å²) in [5, 5.41) is 4.08. The number of benzene rings is 1. The Balaban J connectivity index is 2.11. The summed E-state index contributed by atoms with van der Waals surface area (Å²) < 4.78 is 5.89. The molecule has 2 heterocycles. The van der Waals surface area contributed by atoms with Gasteiger partial charge in [0.2, 0.25) is 5.89 Å². The van der Waals surface area contributed by atoms with Crippen LogP contribution < -0.4 is 5.32 Å². The van der Waals surface area contributed by atoms with Gasteiger partial charge in [-0.25, -0.2) is 4.98 Å². The number of oxazole rings is 1. The van der Waals surface area contributed by atoms with E-state index in [0.717, 1.165) is 42.9 Å². The van der Waals surface area contributed by atoms with Crippen LogP contribution in [0.25, 0.3) is 11.1 Å². The van der Waals surface area contributed by atoms with Crippen molar-refractivity contribution in [3.8, 4) is 0 Å². The molecule has 3 rings (SSSR count). The Morgan fingerprint density at radius 3 is 3.12 bits per heavy atom. The van der Waals surface area contributed by atoms with E-state index in [9.17, 15) is 0 Å². The summed E-state index contributed by atoms with van der Waals surface area (Å²) in [6.45, 7) is 4.17. The van der Waals surface area contributed by atoms with Crippen LogP contribution in [0.15, 0.2) is 22.6 Å². The van der Waals surface area contributed by atoms with Gasteiger partial charge in [-0.2, -0.15) is 0 Å². The van der Waals surface area contributed by atoms with Gasteiger partial charge in [-0.3, -0.25) is 0 Å². The first-order chi connectivity index (χ1) is 8.23. The van der Waals surface area contributed by atoms with Crippen molar-refractivity contribution in [2.24, 2.45) is 0 Å². The van der Waals surface area contributed by atoms with Crippen molar-refractivity contribution >= 4 is 22.7 Å². The van der Waals surface area contributed by atoms with Gasteiger partial charge in [-0.05, 0) is 31.5 Å². The molecule has 1 unspecified atom stereocenters. The van der Waals surface area contributed by atoms with Crippen LogP contribution in [0.4, 0.5) is 0 Å². The average Bonchev–Trinajstić information content (AvgIpc) is 2.94. The van der Waals surface area contributed by atoms with Crippen molar-refractivity contribution < 1.29 is 4.42 Å². The minimum absolute atomic E-state index is 0.0610. The Bertz CT molecular complexity index is 543. The smallest absolute Gasteiger partial charge is 0.203 e. The summed E-state index contributed by atoms with van der Waals surface area (Å²) in [5.41, 5.74) is 1.74. The van der Waals surface area contributed by atoms with Crippen molar-refractivity contribution in [2.75, 3.05) is 13.1 Å². The topological polar surface area (TPSA) is 38.1 Å². The van der Waals surface area contributed by atoms with Gasteiger partial charge in [-0.15, -0.1) is 0 Å². The minimum Gasteiger partial charge on any atom is -0.440 e. The molecule has 1 fully saturated rings. The molecule has 3 nitrogen and oxygen atoms in total. The molecule has 90 valence electrons. The van der Waals surface area contributed by atoms with Crippen molar-refractivity contribution in [3.63, 3.8) is 0 Å². The number of hydrogen-bond acceptors (Lipinski definition) is 3. The maximum Gasteiger partial charge on any atom is 0.203 e. The summed E-state index contributed by atoms with van der Waals surface area (Å²) in [6, 6.07) is 5.59. The lowest BCUT2D eigenvalue weighted by Crippen LogP contribution is -2.28. The van der Waals surface area contributed by atoms with Gasteiger partial charge in [0.15, 0.2) is 5.58 Å². The molecule has 1 N–H and O–H groups in total. The predicted molar refractivity (Wildman–Crippen MR) is 68.5 cm³/mol. The van der Waals surface area contributed by atoms with Crippen LogP contribution in [0.5, 0.6) is 0 Å². The second-order valence-corrected chi connectivity index (χ2v) is 5.13. The van der Waals surface area contributed by atoms with Crippen molar-refractivity contribution in [1.82, 2.24) is 10.3 Å². The van der Waals surface area contributed by atoms with E-state index >= 15 is 0 Å². The second-order valence-electron chi connectivity index (χ2n) is 4.69. The zero-order chi connectivity index (χ0) is 11.9. The van der Waals surface area contributed by atoms with Gasteiger partial charge < -0.3 is 9.73 Å². The van der Waals surface area contributed by atoms with Gasteiger partial charge in [-0.1, -0.05) is 18.5 Å². The highest BCUT2D eigenvalue weighted by atomic mass is 35.5. The van der Waals surface area contributed by atoms with E-state index in [0.29, 0.717) is 5.02 Å². The van der Waals surface area contributed by atoms with E-state index in [1.165, 1.54) is 0 Å². The number of halogens is 1. The minimum atomic E-state index is 0.0610. The zero-order valence-electron chi connectivity index (χ0n) is 9.79. The molecule has 4 heteroatoms. The van der Waals surface area contributed by atoms with Gasteiger partial charge >= 0.3 is 0 Å². The highest BCUT2D eigenvalue weighted by Crippen LogP contribution is 2.35. The maximum absolute atomic E-state index is 5.96. The normalized spacial score (nSPS) is 24.6. The largest absolute Gasteiger partial charge is 0.440 e. The molecular formula is C13H15ClN2O. The van der Waals surface area contributed by atoms with Crippen LogP contribution in [0.1, 0.15) is 25.7 Å². The fraction of sp³-hybridized carbons (Fsp3) is 0.462. The van der Waals surface area contributed by atoms with Crippen LogP contribution in [-0.2, 0) is 5.41 Å². The summed E-state index contributed by atoms with van der Waals surface area (Å²) in [6.07, 6.45) is 2.13. The molecule has 1 atom stereocenters. The molecule has 1 saturated heterocycles. The third kappa shape index (κ3) is 1.74. The second kappa shape index (κ2) is 4.00. The van der Waals surface area contributed by atoms with E-state index in [1.54, 1.807) is 0 Å². The molecule has 1 aliphatic rings. The van der Waals surface area contributed by atoms with Crippen LogP contribution in [-0.4, -0.2) is 18.1 Å². The molecule has 17 heavy (non-hydrogen) atoms. The first-order valence-corrected chi connectivity index (χ1v) is 6.39. The summed E-state index contributed by atoms with van der Waals surface area (Å²) >= 11 is 5.96. The van der Waals surface area contributed by atoms with Crippen LogP contribution in [0.3, 0.4) is 0 Å². The summed E-state index contributed by atoms with van der Waals surface area (Å²) in [4.78, 5) is 4.61. The van der Waals surface area contributed by atoms with E-state index in [-0.39, 0.29) is 5.41 Å². The lowest BCUT2D eigenvalue weighted by atomic mass is 9.84. The lowest BCUT2D eigenvalue weighted by Gasteiger charge is -2.21. The Labute approximate surface area is 105 Å². The Kier molecular flexibility index (Phi) is 2.60. The van der Waals surface area contributed by atoms with Crippen LogP contribution >= 0.6 is 11.6 Å². The molecule has 0 bridgehead atoms. The van der Waals surface area contributed by atoms with Gasteiger partial charge in [0.25, 0.3) is 0 Å². The molecule has 2 aromatic rings. The van der Waals surface area contributed by atoms with E-state index in [4.69, 9.17) is 16.0 Å². The van der Waals surface area contributed by atoms with Gasteiger partial charge in [0.05, 0.1) is 5.41 Å². The molecule has 0 radical (unpaired) electrons. The maximum atomic E-state index is 5.96. The quantitative estimate of drug-likeness (QED) is 0.890. The molecule has 0 aliphatic carbocycles. The first-order valence-electron chi connectivity index (χ1n) is 6.01. The molecule has 0 spiro atoms. The fourth-order valence-electron chi connectivity index (χ4n) is 2.50. The summed E-state index contributed by atoms with van der Waals surface area (Å²) in [5.74, 6) is 0.849. The average molecular weight is 251 g/mol. The number of rotatable bonds is 2. The van der Waals surface area contributed by atoms with Crippen LogP contribution in [0, 0.1) is 0 Å². The Hall–Kier alpha value is -1.06. The third-order valence-electron chi connectivity index (χ3n) is 3.72. The molecular weight excluding hydrogens is 236 g/mol. The predicted octanol–water partition coefficient (Wildman–Crippen LogP) is 3.12. The molecule has 1 aromatic carbocycles. The number of nitrogens with zero attached hydrogens (tertiary/aromatic N) is 1. The number of aromatic nitrogens is 1. The van der Waals surface area contributed by atoms with E-state index in [1.807, 2.05) is 18.2 Å². The summed E-state index contributed by atoms with van der Waals surface area (Å²) in [7, 11) is 0. The third-order valence-corrected chi connectivity index (χ3v) is 3.96. The SMILES string of the molecule is CCC1(c2nc3ccc(Cl)cc3o2)CCNC1. The standard InChI is InChI=1S/C13H15ClN2O/c1-2-13(5-6-15-8-13)12-16-10-4-3-9(14)7-11(10)17-12/h3-4,7,15H,2,5-6,8H2,1H3. The van der Waals surface area contributed by atoms with Gasteiger partial charge in [0.1, 0.15) is 5.52 Å². The molecule has 1 aromatic heterocycles. The highest BCUT2D eigenvalue weighted by molar-refractivity contribution is 6.31. The number of fused-ring (bicyclic) bond motifs is 1. The van der Waals surface area contributed by atoms with Gasteiger partial charge in [0, 0.05) is 17.6 Å². The Morgan fingerprint density at radius 1 is 1.53 bits per heavy atom. The fourth-order valence-corrected chi connectivity index (χ4v) is 2.67. The molecule has 0 saturated carbocycles. The van der Waals surface area contributed by atoms with Crippen molar-refractivity contribution in [3.05, 3.63) is 29.1 Å². The van der Waals surface area contributed by atoms with Crippen LogP contribution in [0.2, 0.25) is 5.02 Å². The van der Waals surface area contributed by atoms with Crippen molar-refractivity contribution in [2.45, 2.75) is 25.2 Å². The monoisotopic (exact) mass is 250 g/mol. The van der Waals surface area contributed by atoms with E-state index in [2.05, 4.69) is 17.2 Å². The molecule has 1 aliphatic heterocycles. The van der Waals surface area contributed by atoms with Crippen molar-refractivity contribution in [1.29, 1.82) is 0 Å². The molecule has 0 amide bonds. The van der Waals surface area contributed by atoms with E-state index < -0.39 is 0 Å². The highest BCUT2D eigenvalue weighted by Gasteiger charge is 2.38. The number of hydrogen-bond donors (Lipinski definition) is 1.